The molecule has 2 aromatic rings. The summed E-state index contributed by atoms with van der Waals surface area (Å²) in [6.45, 7) is 3.66. The number of benzene rings is 2. The van der Waals surface area contributed by atoms with Crippen molar-refractivity contribution in [3.05, 3.63) is 65.0 Å². The maximum Gasteiger partial charge on any atom is 0.254 e. The number of carbonyl (C=O) groups is 1. The lowest BCUT2D eigenvalue weighted by Gasteiger charge is -2.36. The predicted molar refractivity (Wildman–Crippen MR) is 115 cm³/mol. The van der Waals surface area contributed by atoms with Crippen LogP contribution in [0.5, 0.6) is 0 Å². The quantitative estimate of drug-likeness (QED) is 0.826. The molecule has 1 amide bonds. The molecule has 2 aliphatic rings. The monoisotopic (exact) mass is 395 g/mol. The fourth-order valence-corrected chi connectivity index (χ4v) is 4.63. The summed E-state index contributed by atoms with van der Waals surface area (Å²) in [6.07, 6.45) is 5.91. The molecule has 2 heterocycles. The zero-order valence-corrected chi connectivity index (χ0v) is 17.2. The van der Waals surface area contributed by atoms with E-state index in [4.69, 9.17) is 0 Å². The Morgan fingerprint density at radius 3 is 2.66 bits per heavy atom. The molecule has 1 N–H and O–H groups in total. The molecule has 2 aliphatic heterocycles. The topological polar surface area (TPSA) is 35.6 Å². The molecule has 0 bridgehead atoms. The van der Waals surface area contributed by atoms with Crippen LogP contribution in [0.2, 0.25) is 0 Å². The number of amides is 1. The second-order valence-electron chi connectivity index (χ2n) is 8.22. The van der Waals surface area contributed by atoms with Crippen molar-refractivity contribution >= 4 is 11.6 Å². The molecule has 1 atom stereocenters. The Labute approximate surface area is 172 Å². The fourth-order valence-electron chi connectivity index (χ4n) is 4.63. The van der Waals surface area contributed by atoms with Crippen molar-refractivity contribution in [2.45, 2.75) is 38.1 Å². The summed E-state index contributed by atoms with van der Waals surface area (Å²) in [6, 6.07) is 13.0. The predicted octanol–water partition coefficient (Wildman–Crippen LogP) is 4.17. The Bertz CT molecular complexity index is 863. The number of nitrogens with one attached hydrogen (secondary N) is 1. The number of nitrogens with zero attached hydrogens (tertiary/aromatic N) is 2. The van der Waals surface area contributed by atoms with Gasteiger partial charge in [0.05, 0.1) is 11.6 Å². The van der Waals surface area contributed by atoms with Crippen LogP contribution < -0.4 is 10.2 Å². The van der Waals surface area contributed by atoms with E-state index < -0.39 is 5.82 Å². The second kappa shape index (κ2) is 8.95. The molecule has 0 radical (unpaired) electrons. The van der Waals surface area contributed by atoms with E-state index in [1.165, 1.54) is 54.6 Å². The highest BCUT2D eigenvalue weighted by Crippen LogP contribution is 2.31. The zero-order valence-electron chi connectivity index (χ0n) is 17.2. The molecule has 1 fully saturated rings. The molecule has 0 aliphatic carbocycles. The Kier molecular flexibility index (Phi) is 6.14. The summed E-state index contributed by atoms with van der Waals surface area (Å²) in [5.74, 6) is -0.820. The summed E-state index contributed by atoms with van der Waals surface area (Å²) in [5.41, 5.74) is 4.05. The summed E-state index contributed by atoms with van der Waals surface area (Å²) >= 11 is 0. The lowest BCUT2D eigenvalue weighted by atomic mass is 9.95. The van der Waals surface area contributed by atoms with Crippen LogP contribution in [0.4, 0.5) is 10.1 Å². The van der Waals surface area contributed by atoms with Gasteiger partial charge in [0, 0.05) is 25.8 Å². The summed E-state index contributed by atoms with van der Waals surface area (Å²) < 4.78 is 14.0. The summed E-state index contributed by atoms with van der Waals surface area (Å²) in [4.78, 5) is 17.4. The van der Waals surface area contributed by atoms with Crippen LogP contribution >= 0.6 is 0 Å². The number of fused-ring (bicyclic) bond motifs is 1. The van der Waals surface area contributed by atoms with Crippen molar-refractivity contribution in [2.75, 3.05) is 38.1 Å². The third-order valence-electron chi connectivity index (χ3n) is 6.25. The molecule has 4 rings (SSSR count). The number of likely N-dealkylation sites (tertiary alicyclic amines) is 1. The number of hydrogen-bond acceptors (Lipinski definition) is 3. The molecular formula is C24H30FN3O. The van der Waals surface area contributed by atoms with E-state index in [1.807, 2.05) is 0 Å². The van der Waals surface area contributed by atoms with Gasteiger partial charge in [-0.25, -0.2) is 4.39 Å². The highest BCUT2D eigenvalue weighted by molar-refractivity contribution is 5.94. The van der Waals surface area contributed by atoms with Gasteiger partial charge < -0.3 is 10.2 Å². The van der Waals surface area contributed by atoms with Gasteiger partial charge in [0.15, 0.2) is 0 Å². The van der Waals surface area contributed by atoms with Crippen molar-refractivity contribution in [1.29, 1.82) is 0 Å². The molecule has 4 nitrogen and oxygen atoms in total. The summed E-state index contributed by atoms with van der Waals surface area (Å²) in [5, 5.41) is 2.99. The molecule has 0 spiro atoms. The highest BCUT2D eigenvalue weighted by atomic mass is 19.1. The van der Waals surface area contributed by atoms with E-state index in [0.717, 1.165) is 26.1 Å². The molecule has 0 saturated carbocycles. The lowest BCUT2D eigenvalue weighted by molar-refractivity contribution is 0.0920. The maximum atomic E-state index is 14.0. The van der Waals surface area contributed by atoms with Crippen molar-refractivity contribution in [3.63, 3.8) is 0 Å². The normalized spacial score (nSPS) is 18.2. The lowest BCUT2D eigenvalue weighted by Crippen LogP contribution is -2.41. The first-order valence-electron chi connectivity index (χ1n) is 10.7. The largest absolute Gasteiger partial charge is 0.374 e. The fraction of sp³-hybridized carbons (Fsp3) is 0.458. The van der Waals surface area contributed by atoms with Crippen molar-refractivity contribution in [3.8, 4) is 0 Å². The SMILES string of the molecule is CN1CCCc2cc([C@@H](CNC(=O)c3ccccc3F)N3CCCCC3)ccc21. The minimum Gasteiger partial charge on any atom is -0.374 e. The smallest absolute Gasteiger partial charge is 0.254 e. The molecule has 5 heteroatoms. The van der Waals surface area contributed by atoms with Crippen molar-refractivity contribution in [1.82, 2.24) is 10.2 Å². The van der Waals surface area contributed by atoms with Gasteiger partial charge in [-0.3, -0.25) is 9.69 Å². The van der Waals surface area contributed by atoms with Gasteiger partial charge in [0.1, 0.15) is 5.82 Å². The standard InChI is InChI=1S/C24H30FN3O/c1-27-13-7-8-18-16-19(11-12-22(18)27)23(28-14-5-2-6-15-28)17-26-24(29)20-9-3-4-10-21(20)25/h3-4,9-12,16,23H,2,5-8,13-15,17H2,1H3,(H,26,29)/t23-/m1/s1. The Morgan fingerprint density at radius 2 is 1.86 bits per heavy atom. The van der Waals surface area contributed by atoms with E-state index in [0.29, 0.717) is 6.54 Å². The third kappa shape index (κ3) is 4.45. The first-order chi connectivity index (χ1) is 14.1. The Morgan fingerprint density at radius 1 is 1.07 bits per heavy atom. The van der Waals surface area contributed by atoms with E-state index in [9.17, 15) is 9.18 Å². The zero-order chi connectivity index (χ0) is 20.2. The van der Waals surface area contributed by atoms with Gasteiger partial charge in [0.25, 0.3) is 5.91 Å². The van der Waals surface area contributed by atoms with Crippen molar-refractivity contribution in [2.24, 2.45) is 0 Å². The summed E-state index contributed by atoms with van der Waals surface area (Å²) in [7, 11) is 2.15. The van der Waals surface area contributed by atoms with Gasteiger partial charge in [-0.15, -0.1) is 0 Å². The van der Waals surface area contributed by atoms with Gasteiger partial charge in [0.2, 0.25) is 0 Å². The number of hydrogen-bond donors (Lipinski definition) is 1. The second-order valence-corrected chi connectivity index (χ2v) is 8.22. The van der Waals surface area contributed by atoms with Gasteiger partial charge in [-0.2, -0.15) is 0 Å². The van der Waals surface area contributed by atoms with Crippen LogP contribution in [0.25, 0.3) is 0 Å². The first-order valence-corrected chi connectivity index (χ1v) is 10.7. The Hall–Kier alpha value is -2.40. The average molecular weight is 396 g/mol. The van der Waals surface area contributed by atoms with Crippen LogP contribution in [0.15, 0.2) is 42.5 Å². The van der Waals surface area contributed by atoms with Crippen LogP contribution in [0.3, 0.4) is 0 Å². The number of halogens is 1. The van der Waals surface area contributed by atoms with E-state index >= 15 is 0 Å². The number of piperidine rings is 1. The minimum absolute atomic E-state index is 0.108. The van der Waals surface area contributed by atoms with Crippen molar-refractivity contribution < 1.29 is 9.18 Å². The molecule has 0 aromatic heterocycles. The average Bonchev–Trinajstić information content (AvgIpc) is 2.75. The number of aryl methyl sites for hydroxylation is 1. The maximum absolute atomic E-state index is 14.0. The van der Waals surface area contributed by atoms with E-state index in [-0.39, 0.29) is 17.5 Å². The molecular weight excluding hydrogens is 365 g/mol. The molecule has 29 heavy (non-hydrogen) atoms. The van der Waals surface area contributed by atoms with E-state index in [1.54, 1.807) is 12.1 Å². The third-order valence-corrected chi connectivity index (χ3v) is 6.25. The van der Waals surface area contributed by atoms with Gasteiger partial charge >= 0.3 is 0 Å². The number of rotatable bonds is 5. The van der Waals surface area contributed by atoms with E-state index in [2.05, 4.69) is 40.4 Å². The van der Waals surface area contributed by atoms with Crippen LogP contribution in [0, 0.1) is 5.82 Å². The number of anilines is 1. The molecule has 2 aromatic carbocycles. The van der Waals surface area contributed by atoms with Gasteiger partial charge in [-0.1, -0.05) is 30.7 Å². The van der Waals surface area contributed by atoms with Crippen LogP contribution in [-0.2, 0) is 6.42 Å². The Balaban J connectivity index is 1.55. The number of carbonyl (C=O) groups excluding carboxylic acids is 1. The molecule has 1 saturated heterocycles. The molecule has 0 unspecified atom stereocenters. The van der Waals surface area contributed by atoms with Crippen LogP contribution in [0.1, 0.15) is 53.2 Å². The minimum atomic E-state index is -0.476. The molecule has 154 valence electrons. The highest BCUT2D eigenvalue weighted by Gasteiger charge is 2.25. The van der Waals surface area contributed by atoms with Crippen LogP contribution in [-0.4, -0.2) is 44.0 Å². The van der Waals surface area contributed by atoms with Gasteiger partial charge in [-0.05, 0) is 68.1 Å². The first kappa shape index (κ1) is 19.9.